The summed E-state index contributed by atoms with van der Waals surface area (Å²) in [6.45, 7) is 6.01. The zero-order valence-electron chi connectivity index (χ0n) is 15.5. The maximum atomic E-state index is 13.1. The van der Waals surface area contributed by atoms with Gasteiger partial charge in [-0.2, -0.15) is 0 Å². The molecule has 5 rings (SSSR count). The Balaban J connectivity index is 1.22. The molecule has 2 bridgehead atoms. The number of likely N-dealkylation sites (tertiary alicyclic amines) is 1. The molecule has 0 spiro atoms. The lowest BCUT2D eigenvalue weighted by Gasteiger charge is -2.35. The highest BCUT2D eigenvalue weighted by Gasteiger charge is 2.61. The number of halogens is 1. The Bertz CT molecular complexity index is 813. The van der Waals surface area contributed by atoms with Crippen molar-refractivity contribution in [3.05, 3.63) is 41.7 Å². The average Bonchev–Trinajstić information content (AvgIpc) is 3.30. The van der Waals surface area contributed by atoms with Crippen molar-refractivity contribution in [2.75, 3.05) is 37.7 Å². The lowest BCUT2D eigenvalue weighted by molar-refractivity contribution is -0.908. The Morgan fingerprint density at radius 2 is 1.74 bits per heavy atom. The lowest BCUT2D eigenvalue weighted by Crippen LogP contribution is -3.16. The van der Waals surface area contributed by atoms with Gasteiger partial charge in [0.05, 0.1) is 38.0 Å². The van der Waals surface area contributed by atoms with E-state index in [1.807, 2.05) is 0 Å². The van der Waals surface area contributed by atoms with Gasteiger partial charge < -0.3 is 9.80 Å². The predicted molar refractivity (Wildman–Crippen MR) is 98.4 cm³/mol. The van der Waals surface area contributed by atoms with Gasteiger partial charge in [0.25, 0.3) is 0 Å². The highest BCUT2D eigenvalue weighted by atomic mass is 19.1. The molecule has 0 radical (unpaired) electrons. The molecule has 0 aromatic heterocycles. The van der Waals surface area contributed by atoms with Crippen LogP contribution in [0.3, 0.4) is 0 Å². The van der Waals surface area contributed by atoms with Crippen LogP contribution in [0.5, 0.6) is 0 Å². The zero-order chi connectivity index (χ0) is 18.7. The van der Waals surface area contributed by atoms with Gasteiger partial charge in [-0.1, -0.05) is 11.6 Å². The molecule has 1 aromatic rings. The number of nitrogens with one attached hydrogen (secondary N) is 1. The number of hydrogen-bond acceptors (Lipinski definition) is 3. The van der Waals surface area contributed by atoms with Gasteiger partial charge in [0.1, 0.15) is 5.82 Å². The number of fused-ring (bicyclic) bond motifs is 5. The number of quaternary nitrogens is 1. The number of nitrogens with zero attached hydrogens (tertiary/aromatic N) is 2. The van der Waals surface area contributed by atoms with Crippen LogP contribution in [0.25, 0.3) is 0 Å². The smallest absolute Gasteiger partial charge is 0.238 e. The second kappa shape index (κ2) is 6.16. The van der Waals surface area contributed by atoms with Gasteiger partial charge in [0.2, 0.25) is 11.8 Å². The molecule has 2 aliphatic heterocycles. The topological polar surface area (TPSA) is 45.1 Å². The molecular weight excluding hydrogens is 345 g/mol. The summed E-state index contributed by atoms with van der Waals surface area (Å²) in [5.41, 5.74) is 2.32. The van der Waals surface area contributed by atoms with Crippen molar-refractivity contribution in [1.82, 2.24) is 4.90 Å². The number of allylic oxidation sites excluding steroid dienone is 2. The van der Waals surface area contributed by atoms with E-state index >= 15 is 0 Å². The monoisotopic (exact) mass is 370 g/mol. The van der Waals surface area contributed by atoms with Crippen LogP contribution in [0.2, 0.25) is 0 Å². The Morgan fingerprint density at radius 1 is 1.07 bits per heavy atom. The van der Waals surface area contributed by atoms with Crippen LogP contribution in [0.1, 0.15) is 13.3 Å². The number of rotatable bonds is 3. The fourth-order valence-corrected chi connectivity index (χ4v) is 5.61. The molecule has 2 amide bonds. The van der Waals surface area contributed by atoms with Crippen LogP contribution in [0.15, 0.2) is 35.9 Å². The zero-order valence-corrected chi connectivity index (χ0v) is 15.5. The molecule has 4 aliphatic rings. The number of imide groups is 1. The summed E-state index contributed by atoms with van der Waals surface area (Å²) in [4.78, 5) is 30.9. The van der Waals surface area contributed by atoms with Crippen LogP contribution in [-0.2, 0) is 9.59 Å². The van der Waals surface area contributed by atoms with E-state index in [0.29, 0.717) is 6.67 Å². The third-order valence-corrected chi connectivity index (χ3v) is 7.02. The second-order valence-electron chi connectivity index (χ2n) is 8.44. The molecular formula is C21H25FN3O2+. The van der Waals surface area contributed by atoms with Crippen molar-refractivity contribution in [3.8, 4) is 0 Å². The highest BCUT2D eigenvalue weighted by Crippen LogP contribution is 2.55. The minimum Gasteiger partial charge on any atom is -0.360 e. The third kappa shape index (κ3) is 2.61. The maximum Gasteiger partial charge on any atom is 0.238 e. The van der Waals surface area contributed by atoms with E-state index in [1.165, 1.54) is 22.6 Å². The molecule has 0 unspecified atom stereocenters. The molecule has 2 heterocycles. The number of hydrogen-bond donors (Lipinski definition) is 1. The van der Waals surface area contributed by atoms with Crippen LogP contribution < -0.4 is 9.80 Å². The number of carbonyl (C=O) groups is 2. The van der Waals surface area contributed by atoms with Crippen molar-refractivity contribution in [3.63, 3.8) is 0 Å². The van der Waals surface area contributed by atoms with Gasteiger partial charge >= 0.3 is 0 Å². The predicted octanol–water partition coefficient (Wildman–Crippen LogP) is 0.685. The van der Waals surface area contributed by atoms with Crippen molar-refractivity contribution in [2.24, 2.45) is 23.7 Å². The van der Waals surface area contributed by atoms with E-state index in [4.69, 9.17) is 0 Å². The Labute approximate surface area is 158 Å². The van der Waals surface area contributed by atoms with Gasteiger partial charge in [0.15, 0.2) is 6.67 Å². The summed E-state index contributed by atoms with van der Waals surface area (Å²) >= 11 is 0. The van der Waals surface area contributed by atoms with Crippen LogP contribution in [0.4, 0.5) is 10.1 Å². The first-order chi connectivity index (χ1) is 13.0. The number of piperazine rings is 1. The van der Waals surface area contributed by atoms with Gasteiger partial charge in [-0.05, 0) is 49.4 Å². The van der Waals surface area contributed by atoms with Crippen molar-refractivity contribution < 1.29 is 18.9 Å². The lowest BCUT2D eigenvalue weighted by atomic mass is 9.82. The third-order valence-electron chi connectivity index (χ3n) is 7.02. The molecule has 1 saturated carbocycles. The molecule has 1 N–H and O–H groups in total. The van der Waals surface area contributed by atoms with E-state index in [9.17, 15) is 14.0 Å². The van der Waals surface area contributed by atoms with E-state index in [0.717, 1.165) is 38.3 Å². The summed E-state index contributed by atoms with van der Waals surface area (Å²) < 4.78 is 13.1. The first kappa shape index (κ1) is 16.9. The normalized spacial score (nSPS) is 33.0. The Hall–Kier alpha value is -2.21. The molecule has 2 aliphatic carbocycles. The van der Waals surface area contributed by atoms with E-state index in [1.54, 1.807) is 17.0 Å². The fourth-order valence-electron chi connectivity index (χ4n) is 5.61. The minimum atomic E-state index is -0.224. The fraction of sp³-hybridized carbons (Fsp3) is 0.524. The largest absolute Gasteiger partial charge is 0.360 e. The van der Waals surface area contributed by atoms with Gasteiger partial charge in [-0.25, -0.2) is 9.29 Å². The summed E-state index contributed by atoms with van der Waals surface area (Å²) in [5, 5.41) is 0. The van der Waals surface area contributed by atoms with Gasteiger partial charge in [0, 0.05) is 5.69 Å². The Kier molecular flexibility index (Phi) is 3.86. The summed E-state index contributed by atoms with van der Waals surface area (Å²) in [7, 11) is 0. The maximum absolute atomic E-state index is 13.1. The summed E-state index contributed by atoms with van der Waals surface area (Å²) in [6, 6.07) is 6.58. The van der Waals surface area contributed by atoms with E-state index in [-0.39, 0.29) is 41.3 Å². The van der Waals surface area contributed by atoms with Crippen LogP contribution in [0, 0.1) is 29.5 Å². The minimum absolute atomic E-state index is 0.0507. The number of benzene rings is 1. The molecule has 1 aromatic carbocycles. The molecule has 2 saturated heterocycles. The van der Waals surface area contributed by atoms with Crippen molar-refractivity contribution >= 4 is 17.5 Å². The van der Waals surface area contributed by atoms with Gasteiger partial charge in [-0.3, -0.25) is 9.59 Å². The second-order valence-corrected chi connectivity index (χ2v) is 8.44. The van der Waals surface area contributed by atoms with E-state index < -0.39 is 0 Å². The number of amides is 2. The molecule has 142 valence electrons. The molecule has 5 nitrogen and oxygen atoms in total. The quantitative estimate of drug-likeness (QED) is 0.629. The van der Waals surface area contributed by atoms with E-state index in [2.05, 4.69) is 17.9 Å². The standard InChI is InChI=1S/C21H24FN3O2/c1-13-10-14-11-17(13)19-18(14)20(26)25(21(19)27)12-23-6-8-24(9-7-23)16-4-2-15(22)3-5-16/h2-5,10,14,17-19H,6-9,11-12H2,1H3/p+1/t14-,17-,18+,19+/m0/s1. The van der Waals surface area contributed by atoms with Crippen molar-refractivity contribution in [1.29, 1.82) is 0 Å². The average molecular weight is 370 g/mol. The van der Waals surface area contributed by atoms with Crippen molar-refractivity contribution in [2.45, 2.75) is 13.3 Å². The Morgan fingerprint density at radius 3 is 2.44 bits per heavy atom. The first-order valence-electron chi connectivity index (χ1n) is 9.90. The molecule has 3 fully saturated rings. The van der Waals surface area contributed by atoms with Crippen LogP contribution >= 0.6 is 0 Å². The van der Waals surface area contributed by atoms with Crippen LogP contribution in [-0.4, -0.2) is 49.6 Å². The number of carbonyl (C=O) groups excluding carboxylic acids is 2. The first-order valence-corrected chi connectivity index (χ1v) is 9.90. The molecule has 4 atom stereocenters. The number of anilines is 1. The SMILES string of the molecule is CC1=C[C@H]2C[C@@H]1[C@H]1C(=O)N(C[NH+]3CCN(c4ccc(F)cc4)CC3)C(=O)[C@@H]12. The molecule has 27 heavy (non-hydrogen) atoms. The van der Waals surface area contributed by atoms with Gasteiger partial charge in [-0.15, -0.1) is 0 Å². The summed E-state index contributed by atoms with van der Waals surface area (Å²) in [5.74, 6) is 0.225. The molecule has 6 heteroatoms. The summed E-state index contributed by atoms with van der Waals surface area (Å²) in [6.07, 6.45) is 3.20. The highest BCUT2D eigenvalue weighted by molar-refractivity contribution is 6.06.